The van der Waals surface area contributed by atoms with E-state index in [4.69, 9.17) is 0 Å². The van der Waals surface area contributed by atoms with E-state index >= 15 is 0 Å². The van der Waals surface area contributed by atoms with Crippen LogP contribution in [0.5, 0.6) is 0 Å². The third-order valence-corrected chi connectivity index (χ3v) is 6.21. The number of fused-ring (bicyclic) bond motifs is 1. The molecule has 0 bridgehead atoms. The van der Waals surface area contributed by atoms with Crippen LogP contribution in [-0.2, 0) is 17.9 Å². The predicted molar refractivity (Wildman–Crippen MR) is 118 cm³/mol. The average molecular weight is 414 g/mol. The lowest BCUT2D eigenvalue weighted by molar-refractivity contribution is -0.130. The molecule has 0 spiro atoms. The summed E-state index contributed by atoms with van der Waals surface area (Å²) in [6.07, 6.45) is 1.91. The molecule has 0 atom stereocenters. The first kappa shape index (κ1) is 21.0. The topological polar surface area (TPSA) is 64.3 Å². The highest BCUT2D eigenvalue weighted by molar-refractivity contribution is 7.17. The normalized spacial score (nSPS) is 11.2. The smallest absolute Gasteiger partial charge is 0.332 e. The van der Waals surface area contributed by atoms with Gasteiger partial charge in [-0.15, -0.1) is 11.3 Å². The number of aryl methyl sites for hydroxylation is 2. The maximum Gasteiger partial charge on any atom is 0.332 e. The van der Waals surface area contributed by atoms with Gasteiger partial charge >= 0.3 is 5.69 Å². The van der Waals surface area contributed by atoms with Gasteiger partial charge in [0.2, 0.25) is 5.91 Å². The van der Waals surface area contributed by atoms with E-state index in [2.05, 4.69) is 6.92 Å². The maximum atomic E-state index is 13.2. The molecule has 7 heteroatoms. The van der Waals surface area contributed by atoms with E-state index in [-0.39, 0.29) is 24.6 Å². The lowest BCUT2D eigenvalue weighted by Gasteiger charge is -2.18. The van der Waals surface area contributed by atoms with E-state index in [1.807, 2.05) is 32.0 Å². The number of carbonyl (C=O) groups is 1. The van der Waals surface area contributed by atoms with Crippen LogP contribution in [0.4, 0.5) is 0 Å². The van der Waals surface area contributed by atoms with Crippen molar-refractivity contribution in [3.8, 4) is 0 Å². The Hall–Kier alpha value is -2.67. The molecule has 2 aromatic heterocycles. The number of hydrogen-bond donors (Lipinski definition) is 0. The van der Waals surface area contributed by atoms with Crippen molar-refractivity contribution in [1.29, 1.82) is 0 Å². The number of aromatic nitrogens is 2. The third kappa shape index (κ3) is 4.34. The number of unbranched alkanes of at least 4 members (excludes halogenated alkanes) is 1. The van der Waals surface area contributed by atoms with Gasteiger partial charge < -0.3 is 4.90 Å². The van der Waals surface area contributed by atoms with Crippen LogP contribution in [0, 0.1) is 13.8 Å². The van der Waals surface area contributed by atoms with Crippen LogP contribution in [0.2, 0.25) is 0 Å². The Morgan fingerprint density at radius 1 is 1.10 bits per heavy atom. The summed E-state index contributed by atoms with van der Waals surface area (Å²) in [6, 6.07) is 7.65. The molecular weight excluding hydrogens is 386 g/mol. The summed E-state index contributed by atoms with van der Waals surface area (Å²) in [5.41, 5.74) is 2.94. The number of likely N-dealkylation sites (N-methyl/N-ethyl adjacent to an activating group) is 1. The van der Waals surface area contributed by atoms with Crippen molar-refractivity contribution in [3.05, 3.63) is 67.2 Å². The van der Waals surface area contributed by atoms with E-state index in [0.717, 1.165) is 29.5 Å². The summed E-state index contributed by atoms with van der Waals surface area (Å²) >= 11 is 1.30. The summed E-state index contributed by atoms with van der Waals surface area (Å²) in [5, 5.41) is 1.79. The Morgan fingerprint density at radius 2 is 1.86 bits per heavy atom. The van der Waals surface area contributed by atoms with Crippen molar-refractivity contribution in [1.82, 2.24) is 14.0 Å². The summed E-state index contributed by atoms with van der Waals surface area (Å²) in [6.45, 7) is 6.87. The Labute approximate surface area is 174 Å². The van der Waals surface area contributed by atoms with Gasteiger partial charge in [-0.2, -0.15) is 0 Å². The molecule has 1 aromatic carbocycles. The first-order valence-electron chi connectivity index (χ1n) is 9.84. The molecule has 0 aliphatic carbocycles. The van der Waals surface area contributed by atoms with Crippen LogP contribution in [0.15, 0.2) is 39.2 Å². The van der Waals surface area contributed by atoms with Crippen LogP contribution < -0.4 is 11.2 Å². The van der Waals surface area contributed by atoms with E-state index in [0.29, 0.717) is 16.8 Å². The second-order valence-corrected chi connectivity index (χ2v) is 8.40. The van der Waals surface area contributed by atoms with Crippen molar-refractivity contribution in [2.24, 2.45) is 0 Å². The number of amides is 1. The fraction of sp³-hybridized carbons (Fsp3) is 0.409. The maximum absolute atomic E-state index is 13.2. The third-order valence-electron chi connectivity index (χ3n) is 5.31. The largest absolute Gasteiger partial charge is 0.344 e. The van der Waals surface area contributed by atoms with Crippen LogP contribution in [0.3, 0.4) is 0 Å². The molecule has 0 fully saturated rings. The second kappa shape index (κ2) is 8.78. The standard InChI is InChI=1S/C22H27N3O3S/c1-5-6-10-23(4)19(26)14-24-18-9-11-29-20(18)21(27)25(22(24)28)13-17-8-7-15(2)16(3)12-17/h7-9,11-12H,5-6,10,13-14H2,1-4H3. The molecule has 0 aliphatic rings. The number of nitrogens with zero attached hydrogens (tertiary/aromatic N) is 3. The zero-order valence-corrected chi connectivity index (χ0v) is 18.2. The monoisotopic (exact) mass is 413 g/mol. The van der Waals surface area contributed by atoms with Crippen LogP contribution in [-0.4, -0.2) is 33.5 Å². The van der Waals surface area contributed by atoms with Crippen molar-refractivity contribution in [2.45, 2.75) is 46.7 Å². The molecule has 0 radical (unpaired) electrons. The van der Waals surface area contributed by atoms with Gasteiger partial charge in [0.1, 0.15) is 11.2 Å². The minimum absolute atomic E-state index is 0.0700. The number of hydrogen-bond acceptors (Lipinski definition) is 4. The Kier molecular flexibility index (Phi) is 6.37. The molecular formula is C22H27N3O3S. The van der Waals surface area contributed by atoms with E-state index < -0.39 is 5.69 Å². The van der Waals surface area contributed by atoms with Crippen molar-refractivity contribution in [2.75, 3.05) is 13.6 Å². The van der Waals surface area contributed by atoms with Crippen molar-refractivity contribution < 1.29 is 4.79 Å². The number of carbonyl (C=O) groups excluding carboxylic acids is 1. The minimum Gasteiger partial charge on any atom is -0.344 e. The summed E-state index contributed by atoms with van der Waals surface area (Å²) < 4.78 is 3.17. The molecule has 0 saturated heterocycles. The van der Waals surface area contributed by atoms with Crippen LogP contribution in [0.1, 0.15) is 36.5 Å². The fourth-order valence-electron chi connectivity index (χ4n) is 3.29. The summed E-state index contributed by atoms with van der Waals surface area (Å²) in [7, 11) is 1.75. The number of thiophene rings is 1. The highest BCUT2D eigenvalue weighted by atomic mass is 32.1. The van der Waals surface area contributed by atoms with Gasteiger partial charge in [-0.05, 0) is 48.4 Å². The highest BCUT2D eigenvalue weighted by Gasteiger charge is 2.18. The van der Waals surface area contributed by atoms with Gasteiger partial charge in [-0.3, -0.25) is 18.7 Å². The van der Waals surface area contributed by atoms with Gasteiger partial charge in [0.15, 0.2) is 0 Å². The second-order valence-electron chi connectivity index (χ2n) is 7.48. The Balaban J connectivity index is 2.03. The molecule has 0 N–H and O–H groups in total. The molecule has 1 amide bonds. The summed E-state index contributed by atoms with van der Waals surface area (Å²) in [4.78, 5) is 40.4. The molecule has 3 rings (SSSR count). The van der Waals surface area contributed by atoms with Crippen LogP contribution in [0.25, 0.3) is 10.2 Å². The van der Waals surface area contributed by atoms with Gasteiger partial charge in [0, 0.05) is 13.6 Å². The minimum atomic E-state index is -0.448. The van der Waals surface area contributed by atoms with Crippen LogP contribution >= 0.6 is 11.3 Å². The molecule has 0 saturated carbocycles. The van der Waals surface area contributed by atoms with Gasteiger partial charge in [-0.1, -0.05) is 31.5 Å². The van der Waals surface area contributed by atoms with E-state index in [1.165, 1.54) is 20.5 Å². The zero-order chi connectivity index (χ0) is 21.1. The van der Waals surface area contributed by atoms with Crippen molar-refractivity contribution in [3.63, 3.8) is 0 Å². The number of rotatable bonds is 7. The first-order valence-corrected chi connectivity index (χ1v) is 10.7. The average Bonchev–Trinajstić information content (AvgIpc) is 3.19. The van der Waals surface area contributed by atoms with E-state index in [9.17, 15) is 14.4 Å². The molecule has 3 aromatic rings. The number of benzene rings is 1. The molecule has 29 heavy (non-hydrogen) atoms. The highest BCUT2D eigenvalue weighted by Crippen LogP contribution is 2.16. The van der Waals surface area contributed by atoms with Gasteiger partial charge in [0.05, 0.1) is 12.1 Å². The van der Waals surface area contributed by atoms with Gasteiger partial charge in [-0.25, -0.2) is 4.79 Å². The zero-order valence-electron chi connectivity index (χ0n) is 17.4. The van der Waals surface area contributed by atoms with Gasteiger partial charge in [0.25, 0.3) is 5.56 Å². The first-order chi connectivity index (χ1) is 13.8. The Morgan fingerprint density at radius 3 is 2.55 bits per heavy atom. The Bertz CT molecular complexity index is 1160. The van der Waals surface area contributed by atoms with Crippen molar-refractivity contribution >= 4 is 27.5 Å². The molecule has 2 heterocycles. The SMILES string of the molecule is CCCCN(C)C(=O)Cn1c(=O)n(Cc2ccc(C)c(C)c2)c(=O)c2sccc21. The molecule has 154 valence electrons. The molecule has 0 unspecified atom stereocenters. The lowest BCUT2D eigenvalue weighted by atomic mass is 10.1. The predicted octanol–water partition coefficient (Wildman–Crippen LogP) is 3.15. The summed E-state index contributed by atoms with van der Waals surface area (Å²) in [5.74, 6) is -0.135. The molecule has 6 nitrogen and oxygen atoms in total. The molecule has 0 aliphatic heterocycles. The lowest BCUT2D eigenvalue weighted by Crippen LogP contribution is -2.42. The quantitative estimate of drug-likeness (QED) is 0.598. The van der Waals surface area contributed by atoms with E-state index in [1.54, 1.807) is 23.4 Å². The fourth-order valence-corrected chi connectivity index (χ4v) is 4.13.